The number of rotatable bonds is 13. The number of ketones is 1. The van der Waals surface area contributed by atoms with Crippen molar-refractivity contribution in [2.24, 2.45) is 0 Å². The predicted octanol–water partition coefficient (Wildman–Crippen LogP) is -6.09. The quantitative estimate of drug-likeness (QED) is 0.0747. The highest BCUT2D eigenvalue weighted by atomic mass is 16.6. The van der Waals surface area contributed by atoms with E-state index in [0.29, 0.717) is 0 Å². The minimum Gasteiger partial charge on any atom is -0.480 e. The Kier molecular flexibility index (Phi) is 14.3. The third-order valence-electron chi connectivity index (χ3n) is 6.69. The van der Waals surface area contributed by atoms with Crippen LogP contribution in [0.2, 0.25) is 0 Å². The van der Waals surface area contributed by atoms with E-state index in [9.17, 15) is 59.1 Å². The maximum Gasteiger partial charge on any atom is 0.343 e. The zero-order valence-corrected chi connectivity index (χ0v) is 23.4. The number of aliphatic carboxylic acids is 3. The molecule has 43 heavy (non-hydrogen) atoms. The average molecular weight is 619 g/mol. The normalized spacial score (nSPS) is 22.6. The van der Waals surface area contributed by atoms with Crippen LogP contribution in [0.4, 0.5) is 0 Å². The molecule has 0 aliphatic carbocycles. The SMILES string of the molecule is O=C(O)CN1CCN(CC(=O)O)CCN(CC(=O)NCC(=O)NCC(O)C2OC(=O)C(O)C2=O)CCN(CC(=O)O)CC1. The second kappa shape index (κ2) is 17.4. The molecule has 2 aliphatic rings. The second-order valence-electron chi connectivity index (χ2n) is 10.1. The largest absolute Gasteiger partial charge is 0.480 e. The highest BCUT2D eigenvalue weighted by Crippen LogP contribution is 2.14. The molecule has 0 bridgehead atoms. The molecule has 0 aromatic heterocycles. The highest BCUT2D eigenvalue weighted by molar-refractivity contribution is 6.09. The fraction of sp³-hybridized carbons (Fsp3) is 0.708. The topological polar surface area (TPSA) is 267 Å². The van der Waals surface area contributed by atoms with E-state index in [2.05, 4.69) is 15.4 Å². The van der Waals surface area contributed by atoms with Crippen molar-refractivity contribution >= 4 is 41.5 Å². The van der Waals surface area contributed by atoms with Crippen LogP contribution in [-0.2, 0) is 38.3 Å². The molecule has 2 amide bonds. The first-order valence-electron chi connectivity index (χ1n) is 13.4. The Morgan fingerprint density at radius 1 is 0.698 bits per heavy atom. The monoisotopic (exact) mass is 618 g/mol. The summed E-state index contributed by atoms with van der Waals surface area (Å²) in [5, 5.41) is 51.8. The van der Waals surface area contributed by atoms with Gasteiger partial charge in [0.25, 0.3) is 0 Å². The highest BCUT2D eigenvalue weighted by Gasteiger charge is 2.45. The summed E-state index contributed by atoms with van der Waals surface area (Å²) in [6, 6.07) is 0. The number of carbonyl (C=O) groups is 7. The molecule has 2 heterocycles. The summed E-state index contributed by atoms with van der Waals surface area (Å²) in [4.78, 5) is 88.2. The molecule has 3 unspecified atom stereocenters. The first kappa shape index (κ1) is 35.4. The van der Waals surface area contributed by atoms with Gasteiger partial charge in [0.05, 0.1) is 32.7 Å². The lowest BCUT2D eigenvalue weighted by atomic mass is 10.1. The van der Waals surface area contributed by atoms with Crippen molar-refractivity contribution in [3.63, 3.8) is 0 Å². The van der Waals surface area contributed by atoms with Crippen molar-refractivity contribution < 1.29 is 63.8 Å². The number of amides is 2. The van der Waals surface area contributed by atoms with Crippen molar-refractivity contribution in [1.29, 1.82) is 0 Å². The van der Waals surface area contributed by atoms with Crippen LogP contribution in [0.3, 0.4) is 0 Å². The van der Waals surface area contributed by atoms with E-state index in [4.69, 9.17) is 0 Å². The molecule has 0 aromatic carbocycles. The number of carboxylic acid groups (broad SMARTS) is 3. The summed E-state index contributed by atoms with van der Waals surface area (Å²) >= 11 is 0. The molecule has 0 radical (unpaired) electrons. The van der Waals surface area contributed by atoms with Gasteiger partial charge in [-0.1, -0.05) is 0 Å². The summed E-state index contributed by atoms with van der Waals surface area (Å²) in [7, 11) is 0. The Balaban J connectivity index is 1.95. The summed E-state index contributed by atoms with van der Waals surface area (Å²) in [6.45, 7) is -0.438. The molecule has 0 aromatic rings. The Hall–Kier alpha value is -3.75. The van der Waals surface area contributed by atoms with E-state index >= 15 is 0 Å². The second-order valence-corrected chi connectivity index (χ2v) is 10.1. The molecule has 2 saturated heterocycles. The van der Waals surface area contributed by atoms with Crippen molar-refractivity contribution in [3.8, 4) is 0 Å². The molecule has 3 atom stereocenters. The molecule has 242 valence electrons. The van der Waals surface area contributed by atoms with Gasteiger partial charge in [0.1, 0.15) is 6.10 Å². The molecule has 0 saturated carbocycles. The number of ether oxygens (including phenoxy) is 1. The fourth-order valence-corrected chi connectivity index (χ4v) is 4.40. The Morgan fingerprint density at radius 3 is 1.44 bits per heavy atom. The molecule has 2 rings (SSSR count). The van der Waals surface area contributed by atoms with E-state index in [0.717, 1.165) is 0 Å². The van der Waals surface area contributed by atoms with Crippen LogP contribution in [-0.4, -0.2) is 197 Å². The summed E-state index contributed by atoms with van der Waals surface area (Å²) in [5.41, 5.74) is 0. The number of aliphatic hydroxyl groups is 2. The zero-order chi connectivity index (χ0) is 32.1. The molecule has 7 N–H and O–H groups in total. The lowest BCUT2D eigenvalue weighted by Crippen LogP contribution is -2.50. The predicted molar refractivity (Wildman–Crippen MR) is 142 cm³/mol. The van der Waals surface area contributed by atoms with Gasteiger partial charge < -0.3 is 40.9 Å². The van der Waals surface area contributed by atoms with Crippen LogP contribution in [0.5, 0.6) is 0 Å². The minimum absolute atomic E-state index is 0.205. The number of carbonyl (C=O) groups excluding carboxylic acids is 4. The fourth-order valence-electron chi connectivity index (χ4n) is 4.40. The van der Waals surface area contributed by atoms with Gasteiger partial charge in [-0.15, -0.1) is 0 Å². The van der Waals surface area contributed by atoms with Crippen LogP contribution in [0.15, 0.2) is 0 Å². The molecular weight excluding hydrogens is 580 g/mol. The first-order valence-corrected chi connectivity index (χ1v) is 13.4. The van der Waals surface area contributed by atoms with Gasteiger partial charge in [-0.05, 0) is 0 Å². The van der Waals surface area contributed by atoms with Gasteiger partial charge in [-0.3, -0.25) is 48.4 Å². The summed E-state index contributed by atoms with van der Waals surface area (Å²) in [6.07, 6.45) is -5.25. The lowest BCUT2D eigenvalue weighted by molar-refractivity contribution is -0.150. The van der Waals surface area contributed by atoms with Gasteiger partial charge in [-0.2, -0.15) is 0 Å². The number of aliphatic hydroxyl groups excluding tert-OH is 2. The van der Waals surface area contributed by atoms with Crippen LogP contribution in [0.25, 0.3) is 0 Å². The van der Waals surface area contributed by atoms with Gasteiger partial charge in [-0.25, -0.2) is 4.79 Å². The first-order chi connectivity index (χ1) is 20.2. The van der Waals surface area contributed by atoms with Gasteiger partial charge in [0.15, 0.2) is 6.10 Å². The van der Waals surface area contributed by atoms with Gasteiger partial charge >= 0.3 is 23.9 Å². The molecule has 2 fully saturated rings. The molecule has 2 aliphatic heterocycles. The van der Waals surface area contributed by atoms with E-state index in [1.54, 1.807) is 19.6 Å². The van der Waals surface area contributed by atoms with E-state index in [1.807, 2.05) is 0 Å². The summed E-state index contributed by atoms with van der Waals surface area (Å²) in [5.74, 6) is -6.79. The van der Waals surface area contributed by atoms with Crippen molar-refractivity contribution in [2.45, 2.75) is 18.3 Å². The molecule has 19 nitrogen and oxygen atoms in total. The van der Waals surface area contributed by atoms with Crippen LogP contribution in [0, 0.1) is 0 Å². The van der Waals surface area contributed by atoms with Crippen molar-refractivity contribution in [1.82, 2.24) is 30.2 Å². The van der Waals surface area contributed by atoms with Crippen molar-refractivity contribution in [3.05, 3.63) is 0 Å². The standard InChI is InChI=1S/C24H38N6O13/c31-15(23-21(40)22(41)24(42)43-23)9-25-16(32)10-26-17(33)11-27-1-3-28(12-18(34)35)5-7-30(14-20(38)39)8-6-29(4-2-27)13-19(36)37/h15,22-23,31,41H,1-14H2,(H,25,32)(H,26,33)(H,34,35)(H,36,37)(H,38,39). The smallest absolute Gasteiger partial charge is 0.343 e. The Bertz CT molecular complexity index is 1010. The average Bonchev–Trinajstić information content (AvgIpc) is 3.18. The third-order valence-corrected chi connectivity index (χ3v) is 6.69. The Labute approximate surface area is 245 Å². The number of Topliss-reactive ketones (excluding diaryl/α,β-unsaturated/α-hetero) is 1. The van der Waals surface area contributed by atoms with E-state index < -0.39 is 72.9 Å². The number of hydrogen-bond acceptors (Lipinski definition) is 14. The number of nitrogens with zero attached hydrogens (tertiary/aromatic N) is 4. The Morgan fingerprint density at radius 2 is 1.09 bits per heavy atom. The van der Waals surface area contributed by atoms with Crippen LogP contribution >= 0.6 is 0 Å². The number of nitrogens with one attached hydrogen (secondary N) is 2. The van der Waals surface area contributed by atoms with Gasteiger partial charge in [0.2, 0.25) is 23.7 Å². The number of hydrogen-bond donors (Lipinski definition) is 7. The van der Waals surface area contributed by atoms with Crippen molar-refractivity contribution in [2.75, 3.05) is 91.6 Å². The number of esters is 1. The van der Waals surface area contributed by atoms with Crippen LogP contribution in [0.1, 0.15) is 0 Å². The van der Waals surface area contributed by atoms with Gasteiger partial charge in [0, 0.05) is 58.9 Å². The molecular formula is C24H38N6O13. The van der Waals surface area contributed by atoms with Crippen LogP contribution < -0.4 is 10.6 Å². The van der Waals surface area contributed by atoms with E-state index in [-0.39, 0.29) is 78.5 Å². The maximum absolute atomic E-state index is 12.6. The minimum atomic E-state index is -2.00. The molecule has 0 spiro atoms. The van der Waals surface area contributed by atoms with E-state index in [1.165, 1.54) is 0 Å². The number of cyclic esters (lactones) is 1. The zero-order valence-electron chi connectivity index (χ0n) is 23.4. The molecule has 19 heteroatoms. The number of carboxylic acids is 3. The third kappa shape index (κ3) is 13.0. The maximum atomic E-state index is 12.6. The lowest BCUT2D eigenvalue weighted by Gasteiger charge is -2.32. The summed E-state index contributed by atoms with van der Waals surface area (Å²) < 4.78 is 4.58.